The Kier molecular flexibility index (Phi) is 10.5. The number of rotatable bonds is 6. The van der Waals surface area contributed by atoms with Crippen molar-refractivity contribution >= 4 is 134 Å². The molecule has 0 amide bonds. The van der Waals surface area contributed by atoms with Gasteiger partial charge in [0.25, 0.3) is 0 Å². The maximum absolute atomic E-state index is 4.86. The molecule has 0 N–H and O–H groups in total. The van der Waals surface area contributed by atoms with Gasteiger partial charge in [0.2, 0.25) is 0 Å². The van der Waals surface area contributed by atoms with Crippen LogP contribution in [0, 0.1) is 0 Å². The van der Waals surface area contributed by atoms with Gasteiger partial charge in [-0.3, -0.25) is 0 Å². The topological polar surface area (TPSA) is 58.0 Å². The molecular formula is C76H46N6Se2. The van der Waals surface area contributed by atoms with Gasteiger partial charge in [0.1, 0.15) is 0 Å². The third-order valence-electron chi connectivity index (χ3n) is 18.1. The maximum atomic E-state index is 4.86. The first-order valence-electron chi connectivity index (χ1n) is 28.4. The van der Waals surface area contributed by atoms with Crippen LogP contribution in [0.1, 0.15) is 44.5 Å². The van der Waals surface area contributed by atoms with E-state index >= 15 is 0 Å². The van der Waals surface area contributed by atoms with E-state index in [4.69, 9.17) is 15.0 Å². The molecule has 10 aromatic carbocycles. The molecule has 8 heteroatoms. The fourth-order valence-electron chi connectivity index (χ4n) is 14.8. The fraction of sp³-hybridized carbons (Fsp3) is 0.0263. The molecule has 0 spiro atoms. The van der Waals surface area contributed by atoms with Crippen LogP contribution in [0.5, 0.6) is 0 Å². The van der Waals surface area contributed by atoms with Gasteiger partial charge >= 0.3 is 499 Å². The first-order valence-corrected chi connectivity index (χ1v) is 31.8. The second kappa shape index (κ2) is 18.4. The molecule has 8 heterocycles. The zero-order chi connectivity index (χ0) is 55.1. The number of aromatic nitrogens is 4. The Morgan fingerprint density at radius 2 is 0.667 bits per heavy atom. The van der Waals surface area contributed by atoms with Gasteiger partial charge in [0.05, 0.1) is 0 Å². The molecule has 2 aliphatic rings. The molecule has 0 saturated heterocycles. The molecule has 0 radical (unpaired) electrons. The number of anilines is 6. The molecule has 1 unspecified atom stereocenters. The van der Waals surface area contributed by atoms with Gasteiger partial charge < -0.3 is 0 Å². The molecule has 6 nitrogen and oxygen atoms in total. The molecule has 2 aliphatic heterocycles. The van der Waals surface area contributed by atoms with Gasteiger partial charge in [-0.1, -0.05) is 0 Å². The van der Waals surface area contributed by atoms with Crippen LogP contribution in [0.15, 0.2) is 280 Å². The van der Waals surface area contributed by atoms with E-state index in [2.05, 4.69) is 264 Å². The molecule has 0 bridgehead atoms. The SMILES string of the molecule is c1cncc(C2(c3ccncc3)c3ccccc3N(c3cc4c5cccc(N6c7ccccc7C(c7cccnc7)(c7cccnc7)c7cc8c(cc76)[se]c6ccccc68)c5ccc4c4ccccc34)c3cc4[se]c5ccccc5c4cc32)c1. The van der Waals surface area contributed by atoms with E-state index in [9.17, 15) is 0 Å². The van der Waals surface area contributed by atoms with Crippen molar-refractivity contribution in [3.05, 3.63) is 325 Å². The summed E-state index contributed by atoms with van der Waals surface area (Å²) in [6.07, 6.45) is 15.7. The molecule has 1 atom stereocenters. The van der Waals surface area contributed by atoms with Gasteiger partial charge in [-0.25, -0.2) is 0 Å². The van der Waals surface area contributed by atoms with Gasteiger partial charge in [-0.2, -0.15) is 0 Å². The van der Waals surface area contributed by atoms with Crippen molar-refractivity contribution in [2.75, 3.05) is 9.80 Å². The number of hydrogen-bond donors (Lipinski definition) is 0. The van der Waals surface area contributed by atoms with Crippen molar-refractivity contribution in [3.63, 3.8) is 0 Å². The number of fused-ring (bicyclic) bond motifs is 15. The minimum atomic E-state index is -0.743. The molecule has 392 valence electrons. The molecular weight excluding hydrogens is 1150 g/mol. The first-order chi connectivity index (χ1) is 41.7. The van der Waals surface area contributed by atoms with Crippen LogP contribution in [-0.4, -0.2) is 48.9 Å². The summed E-state index contributed by atoms with van der Waals surface area (Å²) in [5.74, 6) is 0. The van der Waals surface area contributed by atoms with Crippen LogP contribution in [0.25, 0.3) is 70.9 Å². The summed E-state index contributed by atoms with van der Waals surface area (Å²) < 4.78 is 5.59. The van der Waals surface area contributed by atoms with Crippen LogP contribution in [-0.2, 0) is 10.8 Å². The van der Waals surface area contributed by atoms with E-state index in [0.29, 0.717) is 0 Å². The minimum absolute atomic E-state index is 0.113. The van der Waals surface area contributed by atoms with Crippen LogP contribution in [0.2, 0.25) is 0 Å². The Morgan fingerprint density at radius 3 is 1.23 bits per heavy atom. The van der Waals surface area contributed by atoms with Crippen LogP contribution in [0.3, 0.4) is 0 Å². The van der Waals surface area contributed by atoms with Gasteiger partial charge in [-0.05, 0) is 0 Å². The Hall–Kier alpha value is -9.78. The van der Waals surface area contributed by atoms with Crippen molar-refractivity contribution < 1.29 is 0 Å². The predicted molar refractivity (Wildman–Crippen MR) is 347 cm³/mol. The van der Waals surface area contributed by atoms with Gasteiger partial charge in [0.15, 0.2) is 0 Å². The Balaban J connectivity index is 0.929. The summed E-state index contributed by atoms with van der Waals surface area (Å²) >= 11 is 0.232. The fourth-order valence-corrected chi connectivity index (χ4v) is 19.5. The third kappa shape index (κ3) is 6.56. The average Bonchev–Trinajstić information content (AvgIpc) is 2.45. The quantitative estimate of drug-likeness (QED) is 0.122. The van der Waals surface area contributed by atoms with E-state index < -0.39 is 10.8 Å². The number of hydrogen-bond acceptors (Lipinski definition) is 6. The third-order valence-corrected chi connectivity index (χ3v) is 22.9. The standard InChI is InChI=1S/C76H46N6Se2/c1-2-19-54-51(18-1)53-30-31-55-52(22-11-27-65(55)81-66-25-7-6-24-62(66)76(49-16-13-35-79-45-49,50-17-14-36-80-46-50)64-40-60-57-21-4-10-29-72(57)83-73(60)42-69(64)81)58(53)41-68(54)82-67-26-8-5-23-61(67)75(47-32-37-77-38-33-47,48-15-12-34-78-44-48)63-39-59-56-20-3-9-28-71(56)84-74(59)43-70(63)82/h1-46H. The summed E-state index contributed by atoms with van der Waals surface area (Å²) in [7, 11) is 0. The predicted octanol–water partition coefficient (Wildman–Crippen LogP) is 17.8. The molecule has 16 aromatic rings. The second-order valence-corrected chi connectivity index (χ2v) is 26.6. The summed E-state index contributed by atoms with van der Waals surface area (Å²) in [4.78, 5) is 24.3. The van der Waals surface area contributed by atoms with Crippen molar-refractivity contribution in [2.24, 2.45) is 0 Å². The number of pyridine rings is 4. The number of nitrogens with zero attached hydrogens (tertiary/aromatic N) is 6. The molecule has 0 fully saturated rings. The van der Waals surface area contributed by atoms with E-state index in [1.165, 1.54) is 93.2 Å². The Labute approximate surface area is 495 Å². The van der Waals surface area contributed by atoms with Crippen molar-refractivity contribution in [2.45, 2.75) is 10.8 Å². The van der Waals surface area contributed by atoms with E-state index in [1.807, 2.05) is 31.0 Å². The number of benzene rings is 10. The molecule has 0 aliphatic carbocycles. The van der Waals surface area contributed by atoms with Crippen LogP contribution in [0.4, 0.5) is 34.1 Å². The summed E-state index contributed by atoms with van der Waals surface area (Å²) in [5, 5.41) is 12.4. The van der Waals surface area contributed by atoms with E-state index in [1.54, 1.807) is 0 Å². The molecule has 6 aromatic heterocycles. The Bertz CT molecular complexity index is 5270. The zero-order valence-electron chi connectivity index (χ0n) is 45.1. The van der Waals surface area contributed by atoms with Crippen LogP contribution < -0.4 is 9.80 Å². The second-order valence-electron chi connectivity index (χ2n) is 22.1. The summed E-state index contributed by atoms with van der Waals surface area (Å²) in [6.45, 7) is 0. The van der Waals surface area contributed by atoms with Crippen LogP contribution >= 0.6 is 0 Å². The summed E-state index contributed by atoms with van der Waals surface area (Å²) in [5.41, 5.74) is 14.6. The monoisotopic (exact) mass is 1200 g/mol. The molecule has 84 heavy (non-hydrogen) atoms. The zero-order valence-corrected chi connectivity index (χ0v) is 48.5. The molecule has 18 rings (SSSR count). The van der Waals surface area contributed by atoms with Crippen molar-refractivity contribution in [1.29, 1.82) is 0 Å². The normalized spacial score (nSPS) is 15.2. The average molecular weight is 1200 g/mol. The molecule has 0 saturated carbocycles. The van der Waals surface area contributed by atoms with Gasteiger partial charge in [-0.15, -0.1) is 0 Å². The van der Waals surface area contributed by atoms with E-state index in [0.717, 1.165) is 56.4 Å². The van der Waals surface area contributed by atoms with Gasteiger partial charge in [0, 0.05) is 0 Å². The first kappa shape index (κ1) is 47.8. The van der Waals surface area contributed by atoms with Crippen molar-refractivity contribution in [3.8, 4) is 0 Å². The Morgan fingerprint density at radius 1 is 0.238 bits per heavy atom. The summed E-state index contributed by atoms with van der Waals surface area (Å²) in [6, 6.07) is 86.9. The van der Waals surface area contributed by atoms with Crippen molar-refractivity contribution in [1.82, 2.24) is 19.9 Å². The number of para-hydroxylation sites is 2. The van der Waals surface area contributed by atoms with E-state index in [-0.39, 0.29) is 29.0 Å².